The van der Waals surface area contributed by atoms with E-state index in [0.717, 1.165) is 73.4 Å². The molecule has 0 saturated carbocycles. The van der Waals surface area contributed by atoms with Crippen LogP contribution in [0.3, 0.4) is 0 Å². The first-order chi connectivity index (χ1) is 17.2. The van der Waals surface area contributed by atoms with Gasteiger partial charge >= 0.3 is 0 Å². The van der Waals surface area contributed by atoms with Gasteiger partial charge < -0.3 is 10.3 Å². The van der Waals surface area contributed by atoms with Gasteiger partial charge in [-0.1, -0.05) is 37.8 Å². The van der Waals surface area contributed by atoms with Crippen molar-refractivity contribution in [3.05, 3.63) is 97.6 Å². The van der Waals surface area contributed by atoms with Crippen LogP contribution in [-0.4, -0.2) is 25.1 Å². The number of rotatable bonds is 6. The summed E-state index contributed by atoms with van der Waals surface area (Å²) in [6.07, 6.45) is 6.38. The second kappa shape index (κ2) is 8.57. The van der Waals surface area contributed by atoms with Crippen molar-refractivity contribution in [1.82, 2.24) is 25.1 Å². The Bertz CT molecular complexity index is 1680. The van der Waals surface area contributed by atoms with E-state index >= 15 is 0 Å². The number of benzene rings is 2. The number of H-pyrrole nitrogens is 2. The van der Waals surface area contributed by atoms with Gasteiger partial charge in [-0.2, -0.15) is 5.10 Å². The largest absolute Gasteiger partial charge is 0.358 e. The third-order valence-corrected chi connectivity index (χ3v) is 6.24. The Hall–Kier alpha value is -4.71. The molecule has 0 unspecified atom stereocenters. The molecule has 0 saturated heterocycles. The highest BCUT2D eigenvalue weighted by Crippen LogP contribution is 2.35. The molecule has 0 fully saturated rings. The summed E-state index contributed by atoms with van der Waals surface area (Å²) in [6, 6.07) is 22.8. The molecule has 35 heavy (non-hydrogen) atoms. The lowest BCUT2D eigenvalue weighted by Crippen LogP contribution is -1.97. The van der Waals surface area contributed by atoms with Gasteiger partial charge in [0.05, 0.1) is 28.8 Å². The molecule has 0 atom stereocenters. The molecule has 2 aromatic carbocycles. The van der Waals surface area contributed by atoms with Crippen molar-refractivity contribution in [2.24, 2.45) is 0 Å². The lowest BCUT2D eigenvalue weighted by atomic mass is 10.0. The van der Waals surface area contributed by atoms with Gasteiger partial charge in [0, 0.05) is 45.5 Å². The molecule has 6 heteroatoms. The number of anilines is 1. The van der Waals surface area contributed by atoms with Crippen LogP contribution in [0.5, 0.6) is 0 Å². The second-order valence-corrected chi connectivity index (χ2v) is 8.54. The summed E-state index contributed by atoms with van der Waals surface area (Å²) >= 11 is 0. The molecule has 4 heterocycles. The molecule has 4 aromatic heterocycles. The van der Waals surface area contributed by atoms with Gasteiger partial charge in [0.25, 0.3) is 0 Å². The minimum absolute atomic E-state index is 0.862. The van der Waals surface area contributed by atoms with Crippen molar-refractivity contribution in [1.29, 1.82) is 0 Å². The zero-order valence-corrected chi connectivity index (χ0v) is 19.3. The van der Waals surface area contributed by atoms with E-state index in [9.17, 15) is 0 Å². The number of aromatic amines is 2. The van der Waals surface area contributed by atoms with Crippen molar-refractivity contribution in [3.8, 4) is 33.8 Å². The first-order valence-electron chi connectivity index (χ1n) is 11.6. The Kier molecular flexibility index (Phi) is 5.11. The molecular formula is C29H24N6. The zero-order chi connectivity index (χ0) is 23.8. The molecule has 6 nitrogen and oxygen atoms in total. The normalized spacial score (nSPS) is 11.2. The van der Waals surface area contributed by atoms with Crippen LogP contribution in [-0.2, 0) is 0 Å². The van der Waals surface area contributed by atoms with Crippen molar-refractivity contribution in [2.75, 3.05) is 5.32 Å². The maximum absolute atomic E-state index is 4.65. The van der Waals surface area contributed by atoms with Crippen LogP contribution in [0.4, 0.5) is 5.69 Å². The second-order valence-electron chi connectivity index (χ2n) is 8.54. The molecule has 0 aliphatic carbocycles. The van der Waals surface area contributed by atoms with Crippen molar-refractivity contribution in [3.63, 3.8) is 0 Å². The number of nitrogens with one attached hydrogen (secondary N) is 3. The quantitative estimate of drug-likeness (QED) is 0.248. The fraction of sp³-hybridized carbons (Fsp3) is 0.0690. The molecule has 0 bridgehead atoms. The van der Waals surface area contributed by atoms with E-state index in [-0.39, 0.29) is 0 Å². The summed E-state index contributed by atoms with van der Waals surface area (Å²) in [5.41, 5.74) is 9.90. The average molecular weight is 457 g/mol. The van der Waals surface area contributed by atoms with Gasteiger partial charge in [-0.25, -0.2) is 0 Å². The van der Waals surface area contributed by atoms with E-state index in [1.54, 1.807) is 0 Å². The standard InChI is InChI=1S/C29H24N6/c1-3-18(2)32-21-13-20(16-30-17-21)19-10-11-27-24(14-19)29(35-34-27)28-15-23-22(7-6-9-26(23)33-28)25-8-4-5-12-31-25/h4-17,32-33H,2-3H2,1H3,(H,34,35). The highest BCUT2D eigenvalue weighted by Gasteiger charge is 2.15. The Morgan fingerprint density at radius 2 is 1.86 bits per heavy atom. The Balaban J connectivity index is 1.43. The first kappa shape index (κ1) is 20.9. The predicted octanol–water partition coefficient (Wildman–Crippen LogP) is 7.17. The molecular weight excluding hydrogens is 432 g/mol. The lowest BCUT2D eigenvalue weighted by Gasteiger charge is -2.09. The van der Waals surface area contributed by atoms with E-state index in [1.807, 2.05) is 36.8 Å². The van der Waals surface area contributed by atoms with Gasteiger partial charge in [0.15, 0.2) is 0 Å². The van der Waals surface area contributed by atoms with Crippen LogP contribution in [0.15, 0.2) is 97.6 Å². The molecule has 6 aromatic rings. The third kappa shape index (κ3) is 3.85. The van der Waals surface area contributed by atoms with Crippen LogP contribution in [0.1, 0.15) is 13.3 Å². The summed E-state index contributed by atoms with van der Waals surface area (Å²) in [7, 11) is 0. The van der Waals surface area contributed by atoms with Crippen LogP contribution >= 0.6 is 0 Å². The van der Waals surface area contributed by atoms with E-state index in [1.165, 1.54) is 0 Å². The minimum Gasteiger partial charge on any atom is -0.358 e. The molecule has 0 amide bonds. The topological polar surface area (TPSA) is 82.3 Å². The number of fused-ring (bicyclic) bond motifs is 2. The molecule has 6 rings (SSSR count). The summed E-state index contributed by atoms with van der Waals surface area (Å²) in [4.78, 5) is 12.5. The zero-order valence-electron chi connectivity index (χ0n) is 19.3. The molecule has 170 valence electrons. The SMILES string of the molecule is C=C(CC)Nc1cncc(-c2ccc3[nH]nc(-c4cc5c(-c6ccccn6)cccc5[nH]4)c3c2)c1. The molecule has 0 radical (unpaired) electrons. The highest BCUT2D eigenvalue weighted by atomic mass is 15.1. The molecule has 0 aliphatic rings. The Morgan fingerprint density at radius 1 is 0.914 bits per heavy atom. The van der Waals surface area contributed by atoms with Gasteiger partial charge in [-0.05, 0) is 54.4 Å². The fourth-order valence-electron chi connectivity index (χ4n) is 4.39. The van der Waals surface area contributed by atoms with Gasteiger partial charge in [0.1, 0.15) is 5.69 Å². The monoisotopic (exact) mass is 456 g/mol. The summed E-state index contributed by atoms with van der Waals surface area (Å²) < 4.78 is 0. The number of pyridine rings is 2. The lowest BCUT2D eigenvalue weighted by molar-refractivity contribution is 1.11. The van der Waals surface area contributed by atoms with Gasteiger partial charge in [-0.15, -0.1) is 0 Å². The van der Waals surface area contributed by atoms with Crippen molar-refractivity contribution in [2.45, 2.75) is 13.3 Å². The number of nitrogens with zero attached hydrogens (tertiary/aromatic N) is 3. The number of hydrogen-bond donors (Lipinski definition) is 3. The maximum Gasteiger partial charge on any atom is 0.116 e. The summed E-state index contributed by atoms with van der Waals surface area (Å²) in [5.74, 6) is 0. The van der Waals surface area contributed by atoms with Gasteiger partial charge in [-0.3, -0.25) is 15.1 Å². The van der Waals surface area contributed by atoms with E-state index in [0.29, 0.717) is 0 Å². The summed E-state index contributed by atoms with van der Waals surface area (Å²) in [5, 5.41) is 13.3. The molecule has 3 N–H and O–H groups in total. The van der Waals surface area contributed by atoms with E-state index in [2.05, 4.69) is 92.5 Å². The van der Waals surface area contributed by atoms with E-state index < -0.39 is 0 Å². The minimum atomic E-state index is 0.862. The van der Waals surface area contributed by atoms with Gasteiger partial charge in [0.2, 0.25) is 0 Å². The molecule has 0 aliphatic heterocycles. The average Bonchev–Trinajstić information content (AvgIpc) is 3.53. The fourth-order valence-corrected chi connectivity index (χ4v) is 4.39. The smallest absolute Gasteiger partial charge is 0.116 e. The van der Waals surface area contributed by atoms with Crippen LogP contribution in [0.2, 0.25) is 0 Å². The van der Waals surface area contributed by atoms with Crippen LogP contribution in [0, 0.1) is 0 Å². The van der Waals surface area contributed by atoms with Crippen molar-refractivity contribution < 1.29 is 0 Å². The van der Waals surface area contributed by atoms with Crippen molar-refractivity contribution >= 4 is 27.5 Å². The third-order valence-electron chi connectivity index (χ3n) is 6.24. The predicted molar refractivity (Wildman–Crippen MR) is 143 cm³/mol. The number of aromatic nitrogens is 5. The number of hydrogen-bond acceptors (Lipinski definition) is 4. The van der Waals surface area contributed by atoms with Crippen LogP contribution in [0.25, 0.3) is 55.6 Å². The number of allylic oxidation sites excluding steroid dienone is 1. The summed E-state index contributed by atoms with van der Waals surface area (Å²) in [6.45, 7) is 6.11. The van der Waals surface area contributed by atoms with E-state index in [4.69, 9.17) is 0 Å². The first-order valence-corrected chi connectivity index (χ1v) is 11.6. The Labute approximate surface area is 202 Å². The Morgan fingerprint density at radius 3 is 2.71 bits per heavy atom. The van der Waals surface area contributed by atoms with Crippen LogP contribution < -0.4 is 5.32 Å². The molecule has 0 spiro atoms. The highest BCUT2D eigenvalue weighted by molar-refractivity contribution is 6.01. The maximum atomic E-state index is 4.65.